The van der Waals surface area contributed by atoms with Crippen LogP contribution in [-0.2, 0) is 32.7 Å². The largest absolute Gasteiger partial charge is 0.480 e. The highest BCUT2D eigenvalue weighted by Gasteiger charge is 2.28. The normalized spacial score (nSPS) is 14.0. The number of carbonyl (C=O) groups excluding carboxylic acids is 2. The number of unbranched alkanes of at least 4 members (excludes halogenated alkanes) is 25. The van der Waals surface area contributed by atoms with Crippen LogP contribution in [0.1, 0.15) is 226 Å². The lowest BCUT2D eigenvalue weighted by Crippen LogP contribution is -2.43. The van der Waals surface area contributed by atoms with Crippen LogP contribution in [0.2, 0.25) is 0 Å². The van der Waals surface area contributed by atoms with E-state index in [1.807, 2.05) is 0 Å². The first-order valence-corrected chi connectivity index (χ1v) is 26.7. The van der Waals surface area contributed by atoms with Crippen LogP contribution in [0.5, 0.6) is 0 Å². The van der Waals surface area contributed by atoms with E-state index >= 15 is 0 Å². The van der Waals surface area contributed by atoms with Gasteiger partial charge in [-0.05, 0) is 57.8 Å². The van der Waals surface area contributed by atoms with Gasteiger partial charge >= 0.3 is 19.8 Å². The van der Waals surface area contributed by atoms with Crippen molar-refractivity contribution in [3.63, 3.8) is 0 Å². The zero-order valence-electron chi connectivity index (χ0n) is 39.9. The molecule has 0 aliphatic rings. The number of carboxylic acid groups (broad SMARTS) is 1. The average Bonchev–Trinajstić information content (AvgIpc) is 3.26. The number of hydrogen-bond donors (Lipinski definition) is 4. The minimum absolute atomic E-state index is 0.146. The second-order valence-electron chi connectivity index (χ2n) is 17.0. The molecule has 0 rings (SSSR count). The summed E-state index contributed by atoms with van der Waals surface area (Å²) in [5, 5.41) is 21.9. The van der Waals surface area contributed by atoms with E-state index in [-0.39, 0.29) is 12.8 Å². The fourth-order valence-corrected chi connectivity index (χ4v) is 7.72. The Hall–Kier alpha value is -2.56. The number of carbonyl (C=O) groups is 3. The number of aliphatic hydroxyl groups excluding tert-OH is 1. The molecule has 0 aromatic rings. The van der Waals surface area contributed by atoms with Gasteiger partial charge < -0.3 is 25.2 Å². The second kappa shape index (κ2) is 46.0. The average molecular weight is 910 g/mol. The topological polar surface area (TPSA) is 169 Å². The summed E-state index contributed by atoms with van der Waals surface area (Å²) in [4.78, 5) is 46.1. The molecule has 3 unspecified atom stereocenters. The summed E-state index contributed by atoms with van der Waals surface area (Å²) in [6, 6.07) is -1.55. The Morgan fingerprint density at radius 1 is 0.508 bits per heavy atom. The van der Waals surface area contributed by atoms with Crippen LogP contribution < -0.4 is 5.32 Å². The Morgan fingerprint density at radius 3 is 1.33 bits per heavy atom. The van der Waals surface area contributed by atoms with Crippen LogP contribution in [0.15, 0.2) is 48.6 Å². The van der Waals surface area contributed by atoms with Gasteiger partial charge in [-0.15, -0.1) is 0 Å². The van der Waals surface area contributed by atoms with Crippen LogP contribution in [0.25, 0.3) is 0 Å². The maximum atomic E-state index is 12.4. The second-order valence-corrected chi connectivity index (χ2v) is 18.5. The maximum Gasteiger partial charge on any atom is 0.472 e. The molecule has 0 saturated heterocycles. The third-order valence-electron chi connectivity index (χ3n) is 10.9. The summed E-state index contributed by atoms with van der Waals surface area (Å²) < 4.78 is 26.9. The van der Waals surface area contributed by atoms with E-state index in [9.17, 15) is 34.1 Å². The van der Waals surface area contributed by atoms with Crippen molar-refractivity contribution in [1.82, 2.24) is 5.32 Å². The molecular weight excluding hydrogens is 818 g/mol. The van der Waals surface area contributed by atoms with Crippen molar-refractivity contribution < 1.29 is 47.8 Å². The third-order valence-corrected chi connectivity index (χ3v) is 11.8. The number of rotatable bonds is 47. The number of aliphatic hydroxyl groups is 1. The van der Waals surface area contributed by atoms with Gasteiger partial charge in [-0.2, -0.15) is 0 Å². The van der Waals surface area contributed by atoms with Crippen LogP contribution in [-0.4, -0.2) is 64.9 Å². The fourth-order valence-electron chi connectivity index (χ4n) is 6.95. The van der Waals surface area contributed by atoms with Gasteiger partial charge in [0.25, 0.3) is 0 Å². The number of hydrogen-bond acceptors (Lipinski definition) is 8. The fraction of sp³-hybridized carbons (Fsp3) is 0.784. The molecule has 63 heavy (non-hydrogen) atoms. The molecule has 0 spiro atoms. The number of carboxylic acids is 1. The van der Waals surface area contributed by atoms with Gasteiger partial charge in [0, 0.05) is 12.8 Å². The molecule has 12 heteroatoms. The highest BCUT2D eigenvalue weighted by atomic mass is 31.2. The van der Waals surface area contributed by atoms with E-state index in [0.29, 0.717) is 12.8 Å². The van der Waals surface area contributed by atoms with Gasteiger partial charge in [0.1, 0.15) is 12.7 Å². The smallest absolute Gasteiger partial charge is 0.472 e. The summed E-state index contributed by atoms with van der Waals surface area (Å²) in [6.45, 7) is 2.56. The number of allylic oxidation sites excluding steroid dienone is 8. The number of phosphoric acid groups is 1. The molecule has 366 valence electrons. The van der Waals surface area contributed by atoms with Crippen molar-refractivity contribution in [3.05, 3.63) is 48.6 Å². The lowest BCUT2D eigenvalue weighted by atomic mass is 10.0. The highest BCUT2D eigenvalue weighted by Crippen LogP contribution is 2.43. The predicted molar refractivity (Wildman–Crippen MR) is 259 cm³/mol. The summed E-state index contributed by atoms with van der Waals surface area (Å²) in [5.41, 5.74) is 0. The molecule has 0 aliphatic heterocycles. The number of aliphatic carboxylic acids is 1. The first kappa shape index (κ1) is 60.4. The van der Waals surface area contributed by atoms with Gasteiger partial charge in [0.15, 0.2) is 6.04 Å². The van der Waals surface area contributed by atoms with E-state index in [4.69, 9.17) is 13.8 Å². The Bertz CT molecular complexity index is 1250. The zero-order chi connectivity index (χ0) is 46.3. The Labute approximate surface area is 384 Å². The SMILES string of the molecule is CCCCC/C=C\C/C=C\C/C=C\C/C=C\CCCCCC(=O)OCC(O)COP(=O)(O)OCC(NC(=O)CCCCCCCCCCCCCCCCCCCCCC)C(=O)O. The van der Waals surface area contributed by atoms with Crippen molar-refractivity contribution in [2.45, 2.75) is 238 Å². The summed E-state index contributed by atoms with van der Waals surface area (Å²) >= 11 is 0. The molecule has 0 aromatic carbocycles. The van der Waals surface area contributed by atoms with Gasteiger partial charge in [0.2, 0.25) is 5.91 Å². The molecule has 0 saturated carbocycles. The number of phosphoric ester groups is 1. The number of esters is 1. The van der Waals surface area contributed by atoms with E-state index in [1.54, 1.807) is 0 Å². The van der Waals surface area contributed by atoms with Crippen LogP contribution >= 0.6 is 7.82 Å². The van der Waals surface area contributed by atoms with Gasteiger partial charge in [0.05, 0.1) is 13.2 Å². The lowest BCUT2D eigenvalue weighted by Gasteiger charge is -2.18. The molecule has 0 aliphatic carbocycles. The van der Waals surface area contributed by atoms with Gasteiger partial charge in [-0.3, -0.25) is 18.6 Å². The molecule has 4 N–H and O–H groups in total. The number of nitrogens with one attached hydrogen (secondary N) is 1. The monoisotopic (exact) mass is 910 g/mol. The van der Waals surface area contributed by atoms with Crippen molar-refractivity contribution in [1.29, 1.82) is 0 Å². The van der Waals surface area contributed by atoms with E-state index in [1.165, 1.54) is 128 Å². The molecule has 3 atom stereocenters. The Balaban J connectivity index is 3.88. The van der Waals surface area contributed by atoms with Crippen molar-refractivity contribution >= 4 is 25.7 Å². The summed E-state index contributed by atoms with van der Waals surface area (Å²) in [6.07, 6.45) is 52.7. The first-order chi connectivity index (χ1) is 30.6. The van der Waals surface area contributed by atoms with Crippen LogP contribution in [0.3, 0.4) is 0 Å². The van der Waals surface area contributed by atoms with E-state index in [0.717, 1.165) is 57.8 Å². The molecular formula is C51H92NO10P. The van der Waals surface area contributed by atoms with Crippen molar-refractivity contribution in [3.8, 4) is 0 Å². The zero-order valence-corrected chi connectivity index (χ0v) is 40.8. The van der Waals surface area contributed by atoms with Crippen LogP contribution in [0.4, 0.5) is 0 Å². The molecule has 0 fully saturated rings. The van der Waals surface area contributed by atoms with Gasteiger partial charge in [-0.1, -0.05) is 204 Å². The molecule has 0 aromatic heterocycles. The van der Waals surface area contributed by atoms with Gasteiger partial charge in [-0.25, -0.2) is 9.36 Å². The summed E-state index contributed by atoms with van der Waals surface area (Å²) in [7, 11) is -4.77. The number of amides is 1. The summed E-state index contributed by atoms with van der Waals surface area (Å²) in [5.74, 6) is -2.40. The molecule has 0 radical (unpaired) electrons. The molecule has 11 nitrogen and oxygen atoms in total. The standard InChI is InChI=1S/C51H92NO10P/c1-3-5-7-9-11-13-15-17-19-21-23-25-26-28-30-32-34-36-38-40-42-49(54)52-48(51(56)57)46-62-63(58,59)61-45-47(53)44-60-50(55)43-41-39-37-35-33-31-29-27-24-22-20-18-16-14-12-10-8-6-4-2/h12,14,18,20,24,27,31,33,47-48,53H,3-11,13,15-17,19,21-23,25-26,28-30,32,34-46H2,1-2H3,(H,52,54)(H,56,57)(H,58,59)/b14-12-,20-18-,27-24-,33-31-. The Kier molecular flexibility index (Phi) is 44.1. The first-order valence-electron chi connectivity index (χ1n) is 25.2. The maximum absolute atomic E-state index is 12.4. The van der Waals surface area contributed by atoms with Crippen molar-refractivity contribution in [2.75, 3.05) is 19.8 Å². The van der Waals surface area contributed by atoms with Crippen LogP contribution in [0, 0.1) is 0 Å². The minimum atomic E-state index is -4.77. The van der Waals surface area contributed by atoms with E-state index in [2.05, 4.69) is 67.8 Å². The predicted octanol–water partition coefficient (Wildman–Crippen LogP) is 13.7. The quantitative estimate of drug-likeness (QED) is 0.0200. The number of ether oxygens (including phenoxy) is 1. The minimum Gasteiger partial charge on any atom is -0.480 e. The third kappa shape index (κ3) is 45.8. The lowest BCUT2D eigenvalue weighted by molar-refractivity contribution is -0.147. The molecule has 0 heterocycles. The van der Waals surface area contributed by atoms with E-state index < -0.39 is 57.6 Å². The molecule has 1 amide bonds. The molecule has 0 bridgehead atoms. The Morgan fingerprint density at radius 2 is 0.873 bits per heavy atom. The van der Waals surface area contributed by atoms with Crippen molar-refractivity contribution in [2.24, 2.45) is 0 Å². The highest BCUT2D eigenvalue weighted by molar-refractivity contribution is 7.47.